The number of hydrogen-bond acceptors (Lipinski definition) is 6. The number of thiazole rings is 1. The molecule has 0 aliphatic rings. The van der Waals surface area contributed by atoms with Crippen LogP contribution >= 0.6 is 11.3 Å². The summed E-state index contributed by atoms with van der Waals surface area (Å²) in [6, 6.07) is -0.367. The fourth-order valence-corrected chi connectivity index (χ4v) is 2.68. The average Bonchev–Trinajstić information content (AvgIpc) is 2.82. The Bertz CT molecular complexity index is 504. The molecule has 1 aromatic rings. The Labute approximate surface area is 129 Å². The highest BCUT2D eigenvalue weighted by molar-refractivity contribution is 7.84. The van der Waals surface area contributed by atoms with E-state index in [1.165, 1.54) is 11.3 Å². The number of carbonyl (C=O) groups excluding carboxylic acids is 2. The van der Waals surface area contributed by atoms with Gasteiger partial charge in [0.15, 0.2) is 5.13 Å². The lowest BCUT2D eigenvalue weighted by Crippen LogP contribution is -2.30. The van der Waals surface area contributed by atoms with E-state index in [1.54, 1.807) is 18.6 Å². The molecule has 0 bridgehead atoms. The third-order valence-electron chi connectivity index (χ3n) is 2.30. The standard InChI is InChI=1S/C12H19N3O4S2/c1-3-19-10(16)7-9-8-20-12(14-9)15-11(17)13-5-4-6-21(2)18/h8H,3-7H2,1-2H3,(H2,13,14,15,17)/t21-/m0/s1. The summed E-state index contributed by atoms with van der Waals surface area (Å²) in [5, 5.41) is 7.36. The minimum absolute atomic E-state index is 0.0932. The van der Waals surface area contributed by atoms with Crippen molar-refractivity contribution in [2.24, 2.45) is 0 Å². The van der Waals surface area contributed by atoms with E-state index in [9.17, 15) is 13.8 Å². The van der Waals surface area contributed by atoms with Crippen LogP contribution in [0.5, 0.6) is 0 Å². The largest absolute Gasteiger partial charge is 0.466 e. The summed E-state index contributed by atoms with van der Waals surface area (Å²) < 4.78 is 15.7. The van der Waals surface area contributed by atoms with E-state index in [0.717, 1.165) is 0 Å². The zero-order chi connectivity index (χ0) is 15.7. The van der Waals surface area contributed by atoms with E-state index in [4.69, 9.17) is 4.74 Å². The summed E-state index contributed by atoms with van der Waals surface area (Å²) in [6.45, 7) is 2.52. The maximum absolute atomic E-state index is 11.6. The third-order valence-corrected chi connectivity index (χ3v) is 3.97. The molecular formula is C12H19N3O4S2. The molecule has 0 saturated heterocycles. The van der Waals surface area contributed by atoms with Gasteiger partial charge in [0.05, 0.1) is 18.7 Å². The summed E-state index contributed by atoms with van der Waals surface area (Å²) in [5.41, 5.74) is 0.565. The molecule has 0 aliphatic heterocycles. The first-order chi connectivity index (χ1) is 10.0. The number of esters is 1. The summed E-state index contributed by atoms with van der Waals surface area (Å²) in [5.74, 6) is 0.215. The van der Waals surface area contributed by atoms with E-state index < -0.39 is 10.8 Å². The number of hydrogen-bond donors (Lipinski definition) is 2. The van der Waals surface area contributed by atoms with Crippen molar-refractivity contribution in [2.45, 2.75) is 19.8 Å². The van der Waals surface area contributed by atoms with Gasteiger partial charge in [-0.25, -0.2) is 9.78 Å². The summed E-state index contributed by atoms with van der Waals surface area (Å²) >= 11 is 1.24. The third kappa shape index (κ3) is 7.76. The fraction of sp³-hybridized carbons (Fsp3) is 0.583. The number of nitrogens with zero attached hydrogens (tertiary/aromatic N) is 1. The van der Waals surface area contributed by atoms with E-state index in [1.807, 2.05) is 0 Å². The molecule has 21 heavy (non-hydrogen) atoms. The first-order valence-corrected chi connectivity index (χ1v) is 9.06. The molecule has 1 heterocycles. The van der Waals surface area contributed by atoms with Crippen molar-refractivity contribution in [3.63, 3.8) is 0 Å². The van der Waals surface area contributed by atoms with Crippen LogP contribution in [0.25, 0.3) is 0 Å². The molecule has 0 aliphatic carbocycles. The van der Waals surface area contributed by atoms with Crippen LogP contribution in [0.3, 0.4) is 0 Å². The highest BCUT2D eigenvalue weighted by atomic mass is 32.2. The molecule has 2 amide bonds. The molecule has 0 aromatic carbocycles. The molecule has 118 valence electrons. The Kier molecular flexibility index (Phi) is 7.91. The lowest BCUT2D eigenvalue weighted by Gasteiger charge is -2.04. The number of amides is 2. The maximum Gasteiger partial charge on any atom is 0.321 e. The summed E-state index contributed by atoms with van der Waals surface area (Å²) in [4.78, 5) is 27.0. The number of ether oxygens (including phenoxy) is 1. The predicted octanol–water partition coefficient (Wildman–Crippen LogP) is 1.14. The van der Waals surface area contributed by atoms with Gasteiger partial charge in [0.25, 0.3) is 0 Å². The second-order valence-corrected chi connectivity index (χ2v) is 6.55. The zero-order valence-electron chi connectivity index (χ0n) is 12.0. The monoisotopic (exact) mass is 333 g/mol. The Morgan fingerprint density at radius 1 is 1.48 bits per heavy atom. The van der Waals surface area contributed by atoms with Crippen molar-refractivity contribution in [3.05, 3.63) is 11.1 Å². The molecule has 7 nitrogen and oxygen atoms in total. The molecule has 2 N–H and O–H groups in total. The number of rotatable bonds is 8. The van der Waals surface area contributed by atoms with Gasteiger partial charge in [0.1, 0.15) is 0 Å². The second-order valence-electron chi connectivity index (χ2n) is 4.14. The van der Waals surface area contributed by atoms with Crippen LogP contribution in [-0.2, 0) is 26.8 Å². The normalized spacial score (nSPS) is 11.7. The van der Waals surface area contributed by atoms with Gasteiger partial charge in [-0.1, -0.05) is 0 Å². The maximum atomic E-state index is 11.6. The quantitative estimate of drug-likeness (QED) is 0.549. The Balaban J connectivity index is 2.31. The molecule has 1 aromatic heterocycles. The van der Waals surface area contributed by atoms with Gasteiger partial charge in [-0.15, -0.1) is 11.3 Å². The lowest BCUT2D eigenvalue weighted by molar-refractivity contribution is -0.142. The number of nitrogens with one attached hydrogen (secondary N) is 2. The minimum atomic E-state index is -0.848. The molecule has 0 radical (unpaired) electrons. The minimum Gasteiger partial charge on any atom is -0.466 e. The van der Waals surface area contributed by atoms with E-state index in [2.05, 4.69) is 15.6 Å². The summed E-state index contributed by atoms with van der Waals surface area (Å²) in [6.07, 6.45) is 2.37. The van der Waals surface area contributed by atoms with Gasteiger partial charge in [-0.2, -0.15) is 0 Å². The van der Waals surface area contributed by atoms with Crippen LogP contribution in [-0.4, -0.2) is 46.4 Å². The molecular weight excluding hydrogens is 314 g/mol. The first kappa shape index (κ1) is 17.6. The van der Waals surface area contributed by atoms with Crippen molar-refractivity contribution in [1.29, 1.82) is 0 Å². The van der Waals surface area contributed by atoms with Crippen LogP contribution in [0.4, 0.5) is 9.93 Å². The smallest absolute Gasteiger partial charge is 0.321 e. The van der Waals surface area contributed by atoms with Gasteiger partial charge in [-0.05, 0) is 13.3 Å². The van der Waals surface area contributed by atoms with Crippen LogP contribution in [0.2, 0.25) is 0 Å². The molecule has 0 spiro atoms. The molecule has 0 fully saturated rings. The number of anilines is 1. The van der Waals surface area contributed by atoms with E-state index in [-0.39, 0.29) is 18.4 Å². The molecule has 1 rings (SSSR count). The Morgan fingerprint density at radius 3 is 2.90 bits per heavy atom. The number of carbonyl (C=O) groups is 2. The highest BCUT2D eigenvalue weighted by Gasteiger charge is 2.10. The van der Waals surface area contributed by atoms with Crippen molar-refractivity contribution in [2.75, 3.05) is 30.5 Å². The Morgan fingerprint density at radius 2 is 2.24 bits per heavy atom. The van der Waals surface area contributed by atoms with E-state index >= 15 is 0 Å². The second kappa shape index (κ2) is 9.46. The molecule has 0 unspecified atom stereocenters. The van der Waals surface area contributed by atoms with Crippen LogP contribution in [0, 0.1) is 0 Å². The van der Waals surface area contributed by atoms with Gasteiger partial charge in [0.2, 0.25) is 0 Å². The van der Waals surface area contributed by atoms with Crippen LogP contribution in [0.15, 0.2) is 5.38 Å². The van der Waals surface area contributed by atoms with E-state index in [0.29, 0.717) is 36.2 Å². The highest BCUT2D eigenvalue weighted by Crippen LogP contribution is 2.15. The van der Waals surface area contributed by atoms with Crippen molar-refractivity contribution in [3.8, 4) is 0 Å². The van der Waals surface area contributed by atoms with Gasteiger partial charge in [-0.3, -0.25) is 14.3 Å². The number of urea groups is 1. The Hall–Kier alpha value is -1.48. The predicted molar refractivity (Wildman–Crippen MR) is 83.0 cm³/mol. The van der Waals surface area contributed by atoms with Gasteiger partial charge < -0.3 is 10.1 Å². The van der Waals surface area contributed by atoms with Crippen LogP contribution in [0.1, 0.15) is 19.0 Å². The average molecular weight is 333 g/mol. The summed E-state index contributed by atoms with van der Waals surface area (Å²) in [7, 11) is -0.848. The molecule has 9 heteroatoms. The van der Waals surface area contributed by atoms with Crippen LogP contribution < -0.4 is 10.6 Å². The number of aromatic nitrogens is 1. The topological polar surface area (TPSA) is 97.4 Å². The van der Waals surface area contributed by atoms with Gasteiger partial charge in [0, 0.05) is 34.7 Å². The molecule has 0 saturated carbocycles. The lowest BCUT2D eigenvalue weighted by atomic mass is 10.3. The zero-order valence-corrected chi connectivity index (χ0v) is 13.6. The SMILES string of the molecule is CCOC(=O)Cc1csc(NC(=O)NCCC[S@](C)=O)n1. The first-order valence-electron chi connectivity index (χ1n) is 6.46. The van der Waals surface area contributed by atoms with Crippen molar-refractivity contribution < 1.29 is 18.5 Å². The fourth-order valence-electron chi connectivity index (χ4n) is 1.42. The van der Waals surface area contributed by atoms with Crippen molar-refractivity contribution in [1.82, 2.24) is 10.3 Å². The van der Waals surface area contributed by atoms with Gasteiger partial charge >= 0.3 is 12.0 Å². The molecule has 1 atom stereocenters. The van der Waals surface area contributed by atoms with Crippen molar-refractivity contribution >= 4 is 39.3 Å².